The van der Waals surface area contributed by atoms with E-state index in [1.165, 1.54) is 12.1 Å². The van der Waals surface area contributed by atoms with Crippen LogP contribution in [0, 0.1) is 12.7 Å². The van der Waals surface area contributed by atoms with Crippen molar-refractivity contribution in [3.05, 3.63) is 89.3 Å². The quantitative estimate of drug-likeness (QED) is 0.400. The predicted molar refractivity (Wildman–Crippen MR) is 123 cm³/mol. The third-order valence-electron chi connectivity index (χ3n) is 5.50. The normalized spacial score (nSPS) is 12.4. The number of hydrogen-bond donors (Lipinski definition) is 0. The molecule has 4 rings (SSSR count). The third-order valence-corrected chi connectivity index (χ3v) is 5.50. The van der Waals surface area contributed by atoms with Crippen LogP contribution in [0.1, 0.15) is 48.2 Å². The monoisotopic (exact) mass is 431 g/mol. The Labute approximate surface area is 187 Å². The van der Waals surface area contributed by atoms with E-state index in [2.05, 4.69) is 33.6 Å². The highest BCUT2D eigenvalue weighted by atomic mass is 19.1. The van der Waals surface area contributed by atoms with Crippen molar-refractivity contribution in [3.8, 4) is 11.4 Å². The Bertz CT molecular complexity index is 1240. The summed E-state index contributed by atoms with van der Waals surface area (Å²) in [6.07, 6.45) is 7.68. The van der Waals surface area contributed by atoms with E-state index in [-0.39, 0.29) is 11.7 Å². The predicted octanol–water partition coefficient (Wildman–Crippen LogP) is 5.26. The largest absolute Gasteiger partial charge is 0.495 e. The molecule has 0 aliphatic carbocycles. The summed E-state index contributed by atoms with van der Waals surface area (Å²) < 4.78 is 22.9. The van der Waals surface area contributed by atoms with Crippen molar-refractivity contribution in [3.63, 3.8) is 0 Å². The number of imidazole rings is 1. The number of nitrogens with zero attached hydrogens (tertiary/aromatic N) is 5. The maximum atomic E-state index is 13.3. The first-order valence-corrected chi connectivity index (χ1v) is 10.6. The Morgan fingerprint density at radius 3 is 2.53 bits per heavy atom. The molecule has 0 saturated carbocycles. The highest BCUT2D eigenvalue weighted by Gasteiger charge is 2.17. The van der Waals surface area contributed by atoms with Gasteiger partial charge < -0.3 is 13.9 Å². The van der Waals surface area contributed by atoms with E-state index in [1.807, 2.05) is 48.0 Å². The fourth-order valence-electron chi connectivity index (χ4n) is 3.73. The third kappa shape index (κ3) is 4.32. The molecule has 0 fully saturated rings. The van der Waals surface area contributed by atoms with Crippen LogP contribution in [0.3, 0.4) is 0 Å². The zero-order valence-corrected chi connectivity index (χ0v) is 18.7. The zero-order valence-electron chi connectivity index (χ0n) is 18.7. The van der Waals surface area contributed by atoms with Gasteiger partial charge in [0.1, 0.15) is 17.4 Å². The highest BCUT2D eigenvalue weighted by molar-refractivity contribution is 5.69. The van der Waals surface area contributed by atoms with E-state index in [0.717, 1.165) is 46.5 Å². The van der Waals surface area contributed by atoms with Gasteiger partial charge in [-0.25, -0.2) is 9.37 Å². The second-order valence-electron chi connectivity index (χ2n) is 7.62. The maximum absolute atomic E-state index is 13.3. The molecule has 0 aliphatic heterocycles. The second-order valence-corrected chi connectivity index (χ2v) is 7.62. The second kappa shape index (κ2) is 9.18. The molecule has 6 nitrogen and oxygen atoms in total. The minimum atomic E-state index is -0.244. The van der Waals surface area contributed by atoms with Gasteiger partial charge in [-0.1, -0.05) is 31.2 Å². The Balaban J connectivity index is 1.60. The van der Waals surface area contributed by atoms with Gasteiger partial charge in [-0.2, -0.15) is 0 Å². The molecular weight excluding hydrogens is 405 g/mol. The van der Waals surface area contributed by atoms with Crippen LogP contribution in [-0.2, 0) is 6.54 Å². The Morgan fingerprint density at radius 1 is 1.09 bits per heavy atom. The number of rotatable bonds is 7. The first kappa shape index (κ1) is 21.5. The molecule has 0 N–H and O–H groups in total. The van der Waals surface area contributed by atoms with Crippen LogP contribution < -0.4 is 4.74 Å². The standard InChI is InChI=1S/C25H26FN5O/c1-5-31-24(28-29-25(31)18(3)20-8-10-21(26)11-9-20)13-7-19-6-12-22(23(14-19)32-4)30-15-17(2)27-16-30/h6-16,18H,5H2,1-4H3/b13-7+. The van der Waals surface area contributed by atoms with Crippen LogP contribution >= 0.6 is 0 Å². The molecule has 4 aromatic rings. The van der Waals surface area contributed by atoms with Crippen molar-refractivity contribution in [2.45, 2.75) is 33.2 Å². The molecule has 2 aromatic carbocycles. The van der Waals surface area contributed by atoms with Gasteiger partial charge in [0.15, 0.2) is 5.82 Å². The van der Waals surface area contributed by atoms with E-state index < -0.39 is 0 Å². The zero-order chi connectivity index (χ0) is 22.7. The van der Waals surface area contributed by atoms with Crippen molar-refractivity contribution in [1.82, 2.24) is 24.3 Å². The van der Waals surface area contributed by atoms with Crippen LogP contribution in [0.15, 0.2) is 55.0 Å². The lowest BCUT2D eigenvalue weighted by atomic mass is 10.0. The topological polar surface area (TPSA) is 57.8 Å². The number of ether oxygens (including phenoxy) is 1. The molecule has 1 atom stereocenters. The van der Waals surface area contributed by atoms with Crippen molar-refractivity contribution < 1.29 is 9.13 Å². The number of methoxy groups -OCH3 is 1. The summed E-state index contributed by atoms with van der Waals surface area (Å²) in [6, 6.07) is 12.5. The molecule has 0 bridgehead atoms. The Morgan fingerprint density at radius 2 is 1.88 bits per heavy atom. The molecule has 7 heteroatoms. The van der Waals surface area contributed by atoms with Crippen molar-refractivity contribution in [1.29, 1.82) is 0 Å². The van der Waals surface area contributed by atoms with Crippen LogP contribution in [-0.4, -0.2) is 31.4 Å². The van der Waals surface area contributed by atoms with E-state index in [0.29, 0.717) is 0 Å². The number of aryl methyl sites for hydroxylation is 1. The molecule has 0 amide bonds. The lowest BCUT2D eigenvalue weighted by Crippen LogP contribution is -2.08. The van der Waals surface area contributed by atoms with Gasteiger partial charge in [-0.3, -0.25) is 0 Å². The molecule has 0 aliphatic rings. The van der Waals surface area contributed by atoms with E-state index in [1.54, 1.807) is 25.6 Å². The van der Waals surface area contributed by atoms with Gasteiger partial charge >= 0.3 is 0 Å². The molecule has 0 radical (unpaired) electrons. The van der Waals surface area contributed by atoms with E-state index in [4.69, 9.17) is 4.74 Å². The Kier molecular flexibility index (Phi) is 6.16. The van der Waals surface area contributed by atoms with Crippen LogP contribution in [0.25, 0.3) is 17.8 Å². The smallest absolute Gasteiger partial charge is 0.156 e. The fourth-order valence-corrected chi connectivity index (χ4v) is 3.73. The first-order chi connectivity index (χ1) is 15.5. The molecule has 0 spiro atoms. The summed E-state index contributed by atoms with van der Waals surface area (Å²) in [6.45, 7) is 6.80. The molecule has 32 heavy (non-hydrogen) atoms. The number of aromatic nitrogens is 5. The van der Waals surface area contributed by atoms with Gasteiger partial charge in [-0.05, 0) is 55.3 Å². The summed E-state index contributed by atoms with van der Waals surface area (Å²) in [5, 5.41) is 8.81. The number of halogens is 1. The van der Waals surface area contributed by atoms with Crippen molar-refractivity contribution in [2.75, 3.05) is 7.11 Å². The number of hydrogen-bond acceptors (Lipinski definition) is 4. The summed E-state index contributed by atoms with van der Waals surface area (Å²) in [5.41, 5.74) is 3.86. The van der Waals surface area contributed by atoms with Crippen LogP contribution in [0.5, 0.6) is 5.75 Å². The minimum absolute atomic E-state index is 0.00298. The SMILES string of the molecule is CCn1c(/C=C/c2ccc(-n3cnc(C)c3)c(OC)c2)nnc1C(C)c1ccc(F)cc1. The van der Waals surface area contributed by atoms with Crippen LogP contribution in [0.4, 0.5) is 4.39 Å². The molecule has 2 heterocycles. The highest BCUT2D eigenvalue weighted by Crippen LogP contribution is 2.27. The van der Waals surface area contributed by atoms with E-state index >= 15 is 0 Å². The molecule has 2 aromatic heterocycles. The van der Waals surface area contributed by atoms with Crippen molar-refractivity contribution >= 4 is 12.2 Å². The van der Waals surface area contributed by atoms with E-state index in [9.17, 15) is 4.39 Å². The van der Waals surface area contributed by atoms with Gasteiger partial charge in [-0.15, -0.1) is 10.2 Å². The lowest BCUT2D eigenvalue weighted by Gasteiger charge is -2.13. The first-order valence-electron chi connectivity index (χ1n) is 10.6. The van der Waals surface area contributed by atoms with Gasteiger partial charge in [0.25, 0.3) is 0 Å². The minimum Gasteiger partial charge on any atom is -0.495 e. The summed E-state index contributed by atoms with van der Waals surface area (Å²) in [5.74, 6) is 2.13. The summed E-state index contributed by atoms with van der Waals surface area (Å²) in [7, 11) is 1.66. The lowest BCUT2D eigenvalue weighted by molar-refractivity contribution is 0.413. The molecular formula is C25H26FN5O. The summed E-state index contributed by atoms with van der Waals surface area (Å²) in [4.78, 5) is 4.29. The maximum Gasteiger partial charge on any atom is 0.156 e. The molecule has 1 unspecified atom stereocenters. The van der Waals surface area contributed by atoms with Crippen molar-refractivity contribution in [2.24, 2.45) is 0 Å². The van der Waals surface area contributed by atoms with Crippen LogP contribution in [0.2, 0.25) is 0 Å². The summed E-state index contributed by atoms with van der Waals surface area (Å²) >= 11 is 0. The number of benzene rings is 2. The average Bonchev–Trinajstić information content (AvgIpc) is 3.43. The molecule has 164 valence electrons. The van der Waals surface area contributed by atoms with Gasteiger partial charge in [0, 0.05) is 18.7 Å². The average molecular weight is 432 g/mol. The molecule has 0 saturated heterocycles. The fraction of sp³-hybridized carbons (Fsp3) is 0.240. The van der Waals surface area contributed by atoms with Gasteiger partial charge in [0.05, 0.1) is 24.8 Å². The Hall–Kier alpha value is -3.74. The van der Waals surface area contributed by atoms with Gasteiger partial charge in [0.2, 0.25) is 0 Å².